The highest BCUT2D eigenvalue weighted by Gasteiger charge is 2.46. The van der Waals surface area contributed by atoms with E-state index in [4.69, 9.17) is 9.73 Å². The summed E-state index contributed by atoms with van der Waals surface area (Å²) < 4.78 is 5.56. The monoisotopic (exact) mass is 400 g/mol. The number of amides is 1. The van der Waals surface area contributed by atoms with Crippen LogP contribution in [0.1, 0.15) is 51.9 Å². The molecule has 0 aromatic carbocycles. The number of aliphatic hydroxyl groups excluding tert-OH is 2. The Bertz CT molecular complexity index is 767. The number of nitrogens with zero attached hydrogens (tertiary/aromatic N) is 2. The van der Waals surface area contributed by atoms with Gasteiger partial charge in [-0.1, -0.05) is 11.6 Å². The summed E-state index contributed by atoms with van der Waals surface area (Å²) in [4.78, 5) is 19.4. The zero-order valence-corrected chi connectivity index (χ0v) is 17.2. The van der Waals surface area contributed by atoms with E-state index >= 15 is 0 Å². The third kappa shape index (κ3) is 3.94. The first kappa shape index (κ1) is 19.5. The number of rotatable bonds is 6. The van der Waals surface area contributed by atoms with Gasteiger partial charge in [-0.2, -0.15) is 0 Å². The largest absolute Gasteiger partial charge is 0.391 e. The van der Waals surface area contributed by atoms with E-state index in [0.29, 0.717) is 31.2 Å². The Kier molecular flexibility index (Phi) is 5.13. The van der Waals surface area contributed by atoms with Crippen LogP contribution in [-0.2, 0) is 9.53 Å². The zero-order valence-electron chi connectivity index (χ0n) is 17.2. The lowest BCUT2D eigenvalue weighted by Crippen LogP contribution is -2.49. The molecule has 5 aliphatic rings. The molecule has 1 amide bonds. The SMILES string of the molecule is CC(O)COC1CCN(C2CC[C@@H](C3=NC=C(C4CC4)C=C4C[C@H]43)CC2O)C1=O. The van der Waals surface area contributed by atoms with Gasteiger partial charge in [-0.05, 0) is 56.9 Å². The molecule has 29 heavy (non-hydrogen) atoms. The minimum atomic E-state index is -0.575. The molecule has 2 aliphatic heterocycles. The van der Waals surface area contributed by atoms with Crippen molar-refractivity contribution in [3.05, 3.63) is 23.4 Å². The second-order valence-electron chi connectivity index (χ2n) is 9.57. The number of allylic oxidation sites excluding steroid dienone is 3. The van der Waals surface area contributed by atoms with Gasteiger partial charge in [0.1, 0.15) is 6.10 Å². The lowest BCUT2D eigenvalue weighted by atomic mass is 9.79. The molecule has 6 nitrogen and oxygen atoms in total. The number of carbonyl (C=O) groups is 1. The van der Waals surface area contributed by atoms with Crippen molar-refractivity contribution in [3.8, 4) is 0 Å². The zero-order chi connectivity index (χ0) is 20.1. The van der Waals surface area contributed by atoms with Crippen molar-refractivity contribution in [3.63, 3.8) is 0 Å². The average Bonchev–Trinajstić information content (AvgIpc) is 3.57. The summed E-state index contributed by atoms with van der Waals surface area (Å²) in [6, 6.07) is -0.128. The van der Waals surface area contributed by atoms with Crippen LogP contribution >= 0.6 is 0 Å². The number of hydrogen-bond acceptors (Lipinski definition) is 5. The molecule has 4 fully saturated rings. The predicted molar refractivity (Wildman–Crippen MR) is 109 cm³/mol. The molecule has 0 radical (unpaired) electrons. The fourth-order valence-electron chi connectivity index (χ4n) is 5.33. The van der Waals surface area contributed by atoms with Gasteiger partial charge in [0.2, 0.25) is 0 Å². The molecule has 6 heteroatoms. The van der Waals surface area contributed by atoms with Crippen LogP contribution in [0.25, 0.3) is 0 Å². The van der Waals surface area contributed by atoms with E-state index in [1.54, 1.807) is 6.92 Å². The average molecular weight is 401 g/mol. The standard InChI is InChI=1S/C23H32N2O4/c1-13(26)12-29-21-6-7-25(23(21)28)19-5-4-15(10-20(19)27)22-18-9-16(18)8-17(11-24-22)14-2-3-14/h8,11,13-15,18-21,26-27H,2-7,9-10,12H2,1H3/t13?,15-,18-,19?,20?,21?/m1/s1. The fourth-order valence-corrected chi connectivity index (χ4v) is 5.33. The molecule has 0 spiro atoms. The molecule has 2 heterocycles. The van der Waals surface area contributed by atoms with Gasteiger partial charge in [-0.25, -0.2) is 0 Å². The summed E-state index contributed by atoms with van der Waals surface area (Å²) in [5.41, 5.74) is 4.18. The van der Waals surface area contributed by atoms with E-state index < -0.39 is 18.3 Å². The first-order valence-electron chi connectivity index (χ1n) is 11.3. The minimum Gasteiger partial charge on any atom is -0.391 e. The Hall–Kier alpha value is -1.50. The maximum absolute atomic E-state index is 12.7. The van der Waals surface area contributed by atoms with Crippen molar-refractivity contribution in [1.29, 1.82) is 0 Å². The Labute approximate surface area is 172 Å². The third-order valence-electron chi connectivity index (χ3n) is 7.18. The van der Waals surface area contributed by atoms with Crippen LogP contribution in [0.5, 0.6) is 0 Å². The van der Waals surface area contributed by atoms with E-state index in [9.17, 15) is 15.0 Å². The lowest BCUT2D eigenvalue weighted by molar-refractivity contribution is -0.143. The molecule has 6 atom stereocenters. The molecule has 0 aromatic heterocycles. The van der Waals surface area contributed by atoms with Gasteiger partial charge in [-0.15, -0.1) is 0 Å². The Morgan fingerprint density at radius 1 is 1.24 bits per heavy atom. The van der Waals surface area contributed by atoms with Crippen molar-refractivity contribution >= 4 is 11.6 Å². The fraction of sp³-hybridized carbons (Fsp3) is 0.739. The molecule has 1 saturated heterocycles. The van der Waals surface area contributed by atoms with Gasteiger partial charge in [0.15, 0.2) is 0 Å². The number of aliphatic hydroxyl groups is 2. The van der Waals surface area contributed by atoms with Gasteiger partial charge in [-0.3, -0.25) is 9.79 Å². The maximum atomic E-state index is 12.7. The smallest absolute Gasteiger partial charge is 0.252 e. The minimum absolute atomic E-state index is 0.0376. The normalized spacial score (nSPS) is 38.0. The van der Waals surface area contributed by atoms with Crippen molar-refractivity contribution in [1.82, 2.24) is 4.90 Å². The number of carbonyl (C=O) groups excluding carboxylic acids is 1. The quantitative estimate of drug-likeness (QED) is 0.716. The second-order valence-corrected chi connectivity index (χ2v) is 9.57. The highest BCUT2D eigenvalue weighted by Crippen LogP contribution is 2.48. The van der Waals surface area contributed by atoms with Crippen LogP contribution < -0.4 is 0 Å². The molecule has 4 unspecified atom stereocenters. The summed E-state index contributed by atoms with van der Waals surface area (Å²) in [6.07, 6.45) is 9.70. The molecule has 3 aliphatic carbocycles. The van der Waals surface area contributed by atoms with E-state index in [2.05, 4.69) is 12.3 Å². The molecular weight excluding hydrogens is 368 g/mol. The summed E-state index contributed by atoms with van der Waals surface area (Å²) in [6.45, 7) is 2.45. The van der Waals surface area contributed by atoms with Crippen molar-refractivity contribution < 1.29 is 19.7 Å². The second kappa shape index (κ2) is 7.64. The maximum Gasteiger partial charge on any atom is 0.252 e. The number of likely N-dealkylation sites (tertiary alicyclic amines) is 1. The molecule has 3 saturated carbocycles. The summed E-state index contributed by atoms with van der Waals surface area (Å²) in [5, 5.41) is 20.3. The Morgan fingerprint density at radius 2 is 2.03 bits per heavy atom. The highest BCUT2D eigenvalue weighted by atomic mass is 16.5. The van der Waals surface area contributed by atoms with Crippen molar-refractivity contribution in [2.24, 2.45) is 22.7 Å². The lowest BCUT2D eigenvalue weighted by Gasteiger charge is -2.39. The van der Waals surface area contributed by atoms with Gasteiger partial charge in [0.05, 0.1) is 24.9 Å². The highest BCUT2D eigenvalue weighted by molar-refractivity contribution is 5.96. The molecule has 0 aromatic rings. The predicted octanol–water partition coefficient (Wildman–Crippen LogP) is 2.21. The topological polar surface area (TPSA) is 82.4 Å². The van der Waals surface area contributed by atoms with Gasteiger partial charge >= 0.3 is 0 Å². The number of ether oxygens (including phenoxy) is 1. The van der Waals surface area contributed by atoms with E-state index in [0.717, 1.165) is 25.2 Å². The first-order chi connectivity index (χ1) is 14.0. The summed E-state index contributed by atoms with van der Waals surface area (Å²) >= 11 is 0. The van der Waals surface area contributed by atoms with Crippen LogP contribution in [0.4, 0.5) is 0 Å². The van der Waals surface area contributed by atoms with Crippen LogP contribution in [0.2, 0.25) is 0 Å². The molecule has 0 bridgehead atoms. The summed E-state index contributed by atoms with van der Waals surface area (Å²) in [7, 11) is 0. The van der Waals surface area contributed by atoms with Crippen LogP contribution in [-0.4, -0.2) is 64.2 Å². The number of aliphatic imine (C=N–C) groups is 1. The van der Waals surface area contributed by atoms with Crippen LogP contribution in [0, 0.1) is 17.8 Å². The summed E-state index contributed by atoms with van der Waals surface area (Å²) in [5.74, 6) is 1.48. The molecule has 5 rings (SSSR count). The number of hydrogen-bond donors (Lipinski definition) is 2. The Morgan fingerprint density at radius 3 is 2.76 bits per heavy atom. The molecule has 158 valence electrons. The number of fused-ring (bicyclic) bond motifs is 1. The van der Waals surface area contributed by atoms with E-state index in [1.165, 1.54) is 29.7 Å². The Balaban J connectivity index is 1.21. The van der Waals surface area contributed by atoms with E-state index in [1.807, 2.05) is 4.90 Å². The molecule has 2 N–H and O–H groups in total. The molecular formula is C23H32N2O4. The van der Waals surface area contributed by atoms with Gasteiger partial charge in [0.25, 0.3) is 5.91 Å². The van der Waals surface area contributed by atoms with E-state index in [-0.39, 0.29) is 18.6 Å². The van der Waals surface area contributed by atoms with Crippen molar-refractivity contribution in [2.75, 3.05) is 13.2 Å². The van der Waals surface area contributed by atoms with Crippen LogP contribution in [0.3, 0.4) is 0 Å². The van der Waals surface area contributed by atoms with Crippen LogP contribution in [0.15, 0.2) is 28.4 Å². The van der Waals surface area contributed by atoms with Gasteiger partial charge in [0, 0.05) is 36.7 Å². The van der Waals surface area contributed by atoms with Crippen molar-refractivity contribution in [2.45, 2.75) is 76.2 Å². The van der Waals surface area contributed by atoms with Gasteiger partial charge < -0.3 is 19.8 Å². The first-order valence-corrected chi connectivity index (χ1v) is 11.3. The third-order valence-corrected chi connectivity index (χ3v) is 7.18.